The van der Waals surface area contributed by atoms with Crippen LogP contribution in [0.2, 0.25) is 0 Å². The molecule has 1 aromatic heterocycles. The Kier molecular flexibility index (Phi) is 3.27. The van der Waals surface area contributed by atoms with Crippen LogP contribution in [0, 0.1) is 6.92 Å². The van der Waals surface area contributed by atoms with E-state index in [1.165, 1.54) is 12.1 Å². The molecule has 21 heavy (non-hydrogen) atoms. The number of rotatable bonds is 2. The number of aromatic nitrogens is 2. The number of hydrogen-bond acceptors (Lipinski definition) is 3. The first-order valence-electron chi connectivity index (χ1n) is 6.57. The van der Waals surface area contributed by atoms with E-state index in [9.17, 15) is 13.2 Å². The maximum Gasteiger partial charge on any atom is 0.573 e. The molecule has 1 unspecified atom stereocenters. The summed E-state index contributed by atoms with van der Waals surface area (Å²) in [6.45, 7) is 2.75. The molecule has 1 N–H and O–H groups in total. The first-order chi connectivity index (χ1) is 9.90. The number of nitrogens with zero attached hydrogens (tertiary/aromatic N) is 2. The Bertz CT molecular complexity index is 634. The molecule has 1 aromatic carbocycles. The van der Waals surface area contributed by atoms with Gasteiger partial charge in [-0.25, -0.2) is 4.98 Å². The van der Waals surface area contributed by atoms with E-state index in [2.05, 4.69) is 15.0 Å². The number of imidazole rings is 1. The van der Waals surface area contributed by atoms with E-state index in [-0.39, 0.29) is 11.8 Å². The smallest absolute Gasteiger partial charge is 0.406 e. The fourth-order valence-electron chi connectivity index (χ4n) is 2.48. The molecule has 2 aromatic rings. The van der Waals surface area contributed by atoms with Crippen LogP contribution in [0.15, 0.2) is 30.5 Å². The van der Waals surface area contributed by atoms with Gasteiger partial charge in [0.2, 0.25) is 5.95 Å². The number of ether oxygens (including phenoxy) is 1. The highest BCUT2D eigenvalue weighted by atomic mass is 19.4. The lowest BCUT2D eigenvalue weighted by Crippen LogP contribution is -2.22. The standard InChI is InChI=1S/C14H14F3N3O/c1-9-8-20-7-6-12(19-13(20)18-9)10-2-4-11(5-3-10)21-14(15,16)17/h2-5,8,12H,6-7H2,1H3,(H,18,19). The van der Waals surface area contributed by atoms with Gasteiger partial charge in [-0.1, -0.05) is 12.1 Å². The fourth-order valence-corrected chi connectivity index (χ4v) is 2.48. The van der Waals surface area contributed by atoms with Gasteiger partial charge in [0.1, 0.15) is 5.75 Å². The van der Waals surface area contributed by atoms with E-state index in [4.69, 9.17) is 0 Å². The largest absolute Gasteiger partial charge is 0.573 e. The molecule has 0 saturated heterocycles. The van der Waals surface area contributed by atoms with Gasteiger partial charge in [-0.3, -0.25) is 0 Å². The summed E-state index contributed by atoms with van der Waals surface area (Å²) < 4.78 is 42.3. The van der Waals surface area contributed by atoms with Crippen LogP contribution < -0.4 is 10.1 Å². The third-order valence-corrected chi connectivity index (χ3v) is 3.38. The van der Waals surface area contributed by atoms with Crippen LogP contribution in [-0.4, -0.2) is 15.9 Å². The highest BCUT2D eigenvalue weighted by molar-refractivity contribution is 5.38. The first kappa shape index (κ1) is 13.8. The summed E-state index contributed by atoms with van der Waals surface area (Å²) in [5.74, 6) is 0.582. The van der Waals surface area contributed by atoms with Crippen LogP contribution >= 0.6 is 0 Å². The topological polar surface area (TPSA) is 39.1 Å². The van der Waals surface area contributed by atoms with Gasteiger partial charge < -0.3 is 14.6 Å². The number of fused-ring (bicyclic) bond motifs is 1. The lowest BCUT2D eigenvalue weighted by Gasteiger charge is -2.25. The summed E-state index contributed by atoms with van der Waals surface area (Å²) >= 11 is 0. The molecule has 3 rings (SSSR count). The van der Waals surface area contributed by atoms with Crippen molar-refractivity contribution >= 4 is 5.95 Å². The normalized spacial score (nSPS) is 18.0. The van der Waals surface area contributed by atoms with Gasteiger partial charge in [0.25, 0.3) is 0 Å². The first-order valence-corrected chi connectivity index (χ1v) is 6.57. The monoisotopic (exact) mass is 297 g/mol. The highest BCUT2D eigenvalue weighted by Crippen LogP contribution is 2.30. The summed E-state index contributed by atoms with van der Waals surface area (Å²) in [5, 5.41) is 3.29. The molecular weight excluding hydrogens is 283 g/mol. The van der Waals surface area contributed by atoms with Crippen molar-refractivity contribution in [1.29, 1.82) is 0 Å². The average Bonchev–Trinajstić information content (AvgIpc) is 2.76. The fraction of sp³-hybridized carbons (Fsp3) is 0.357. The van der Waals surface area contributed by atoms with Gasteiger partial charge in [0, 0.05) is 12.7 Å². The number of aryl methyl sites for hydroxylation is 2. The molecule has 0 saturated carbocycles. The van der Waals surface area contributed by atoms with Gasteiger partial charge in [-0.15, -0.1) is 13.2 Å². The molecule has 112 valence electrons. The van der Waals surface area contributed by atoms with Crippen molar-refractivity contribution in [1.82, 2.24) is 9.55 Å². The van der Waals surface area contributed by atoms with E-state index >= 15 is 0 Å². The maximum atomic E-state index is 12.1. The molecule has 1 aliphatic heterocycles. The van der Waals surface area contributed by atoms with Crippen molar-refractivity contribution in [3.05, 3.63) is 41.7 Å². The Hall–Kier alpha value is -2.18. The second kappa shape index (κ2) is 4.98. The van der Waals surface area contributed by atoms with Gasteiger partial charge >= 0.3 is 6.36 Å². The van der Waals surface area contributed by atoms with Gasteiger partial charge in [0.05, 0.1) is 11.7 Å². The molecule has 0 radical (unpaired) electrons. The Labute approximate surface area is 119 Å². The van der Waals surface area contributed by atoms with Crippen LogP contribution in [0.4, 0.5) is 19.1 Å². The molecular formula is C14H14F3N3O. The minimum atomic E-state index is -4.66. The molecule has 1 atom stereocenters. The maximum absolute atomic E-state index is 12.1. The molecule has 0 amide bonds. The number of alkyl halides is 3. The minimum Gasteiger partial charge on any atom is -0.406 e. The van der Waals surface area contributed by atoms with E-state index in [0.29, 0.717) is 0 Å². The number of benzene rings is 1. The molecule has 1 aliphatic rings. The van der Waals surface area contributed by atoms with Crippen molar-refractivity contribution in [2.75, 3.05) is 5.32 Å². The summed E-state index contributed by atoms with van der Waals surface area (Å²) in [7, 11) is 0. The van der Waals surface area contributed by atoms with Crippen molar-refractivity contribution in [2.24, 2.45) is 0 Å². The van der Waals surface area contributed by atoms with E-state index < -0.39 is 6.36 Å². The SMILES string of the molecule is Cc1cn2c(n1)NC(c1ccc(OC(F)(F)F)cc1)CC2. The van der Waals surface area contributed by atoms with E-state index in [1.807, 2.05) is 17.7 Å². The zero-order chi connectivity index (χ0) is 15.0. The van der Waals surface area contributed by atoms with Crippen LogP contribution in [-0.2, 0) is 6.54 Å². The van der Waals surface area contributed by atoms with Crippen molar-refractivity contribution < 1.29 is 17.9 Å². The molecule has 0 spiro atoms. The molecule has 2 heterocycles. The number of nitrogens with one attached hydrogen (secondary N) is 1. The molecule has 0 aliphatic carbocycles. The lowest BCUT2D eigenvalue weighted by atomic mass is 10.0. The number of anilines is 1. The average molecular weight is 297 g/mol. The van der Waals surface area contributed by atoms with Crippen LogP contribution in [0.1, 0.15) is 23.7 Å². The second-order valence-electron chi connectivity index (χ2n) is 5.00. The van der Waals surface area contributed by atoms with Crippen LogP contribution in [0.25, 0.3) is 0 Å². The Balaban J connectivity index is 1.73. The quantitative estimate of drug-likeness (QED) is 0.919. The summed E-state index contributed by atoms with van der Waals surface area (Å²) in [6, 6.07) is 5.99. The zero-order valence-electron chi connectivity index (χ0n) is 11.3. The predicted octanol–water partition coefficient (Wildman–Crippen LogP) is 3.65. The second-order valence-corrected chi connectivity index (χ2v) is 5.00. The molecule has 7 heteroatoms. The summed E-state index contributed by atoms with van der Waals surface area (Å²) in [5.41, 5.74) is 1.85. The van der Waals surface area contributed by atoms with Gasteiger partial charge in [-0.05, 0) is 31.0 Å². The van der Waals surface area contributed by atoms with Crippen molar-refractivity contribution in [3.63, 3.8) is 0 Å². The number of hydrogen-bond donors (Lipinski definition) is 1. The molecule has 4 nitrogen and oxygen atoms in total. The van der Waals surface area contributed by atoms with Crippen molar-refractivity contribution in [2.45, 2.75) is 32.3 Å². The predicted molar refractivity (Wildman–Crippen MR) is 71.1 cm³/mol. The lowest BCUT2D eigenvalue weighted by molar-refractivity contribution is -0.274. The molecule has 0 fully saturated rings. The minimum absolute atomic E-state index is 0.0410. The summed E-state index contributed by atoms with van der Waals surface area (Å²) in [6.07, 6.45) is -1.84. The van der Waals surface area contributed by atoms with Crippen LogP contribution in [0.5, 0.6) is 5.75 Å². The highest BCUT2D eigenvalue weighted by Gasteiger charge is 2.31. The third kappa shape index (κ3) is 3.12. The van der Waals surface area contributed by atoms with Crippen LogP contribution in [0.3, 0.4) is 0 Å². The summed E-state index contributed by atoms with van der Waals surface area (Å²) in [4.78, 5) is 4.37. The Morgan fingerprint density at radius 3 is 2.67 bits per heavy atom. The number of halogens is 3. The van der Waals surface area contributed by atoms with Gasteiger partial charge in [0.15, 0.2) is 0 Å². The van der Waals surface area contributed by atoms with E-state index in [1.54, 1.807) is 12.1 Å². The Morgan fingerprint density at radius 2 is 2.00 bits per heavy atom. The Morgan fingerprint density at radius 1 is 1.29 bits per heavy atom. The zero-order valence-corrected chi connectivity index (χ0v) is 11.3. The van der Waals surface area contributed by atoms with Crippen molar-refractivity contribution in [3.8, 4) is 5.75 Å². The van der Waals surface area contributed by atoms with Gasteiger partial charge in [-0.2, -0.15) is 0 Å². The molecule has 0 bridgehead atoms. The third-order valence-electron chi connectivity index (χ3n) is 3.38. The van der Waals surface area contributed by atoms with E-state index in [0.717, 1.165) is 30.2 Å².